The van der Waals surface area contributed by atoms with Crippen LogP contribution in [0.1, 0.15) is 63.9 Å². The molecular weight excluding hydrogens is 394 g/mol. The summed E-state index contributed by atoms with van der Waals surface area (Å²) in [5.74, 6) is -0.741. The van der Waals surface area contributed by atoms with E-state index in [4.69, 9.17) is 10.8 Å². The summed E-state index contributed by atoms with van der Waals surface area (Å²) >= 11 is 0. The van der Waals surface area contributed by atoms with Gasteiger partial charge in [-0.25, -0.2) is 0 Å². The van der Waals surface area contributed by atoms with E-state index in [1.807, 2.05) is 42.5 Å². The van der Waals surface area contributed by atoms with E-state index < -0.39 is 5.97 Å². The fourth-order valence-electron chi connectivity index (χ4n) is 2.46. The minimum absolute atomic E-state index is 0.210. The molecule has 0 saturated carbocycles. The Hall–Kier alpha value is -2.91. The lowest BCUT2D eigenvalue weighted by atomic mass is 10.2. The molecule has 1 aromatic rings. The van der Waals surface area contributed by atoms with E-state index in [-0.39, 0.29) is 6.42 Å². The number of allylic oxidation sites excluding steroid dienone is 12. The first-order chi connectivity index (χ1) is 15.7. The van der Waals surface area contributed by atoms with Crippen molar-refractivity contribution in [2.75, 3.05) is 0 Å². The van der Waals surface area contributed by atoms with E-state index in [1.165, 1.54) is 5.56 Å². The molecule has 0 amide bonds. The van der Waals surface area contributed by atoms with Crippen molar-refractivity contribution in [1.82, 2.24) is 0 Å². The average molecular weight is 436 g/mol. The number of aliphatic carboxylic acids is 1. The number of rotatable bonds is 15. The molecule has 0 heterocycles. The zero-order valence-electron chi connectivity index (χ0n) is 19.6. The summed E-state index contributed by atoms with van der Waals surface area (Å²) in [7, 11) is 0. The molecule has 0 radical (unpaired) electrons. The highest BCUT2D eigenvalue weighted by Crippen LogP contribution is 1.97. The molecule has 174 valence electrons. The molecule has 0 saturated heterocycles. The molecule has 0 fully saturated rings. The van der Waals surface area contributed by atoms with Gasteiger partial charge in [-0.05, 0) is 50.5 Å². The van der Waals surface area contributed by atoms with Crippen molar-refractivity contribution in [3.05, 3.63) is 109 Å². The van der Waals surface area contributed by atoms with E-state index >= 15 is 0 Å². The Bertz CT molecular complexity index is 725. The molecule has 1 aromatic carbocycles. The summed E-state index contributed by atoms with van der Waals surface area (Å²) in [6.07, 6.45) is 32.5. The Morgan fingerprint density at radius 2 is 1.12 bits per heavy atom. The lowest BCUT2D eigenvalue weighted by Crippen LogP contribution is -1.94. The highest BCUT2D eigenvalue weighted by molar-refractivity contribution is 5.66. The molecule has 3 N–H and O–H groups in total. The Morgan fingerprint density at radius 1 is 0.719 bits per heavy atom. The van der Waals surface area contributed by atoms with Gasteiger partial charge in [0.15, 0.2) is 0 Å². The lowest BCUT2D eigenvalue weighted by molar-refractivity contribution is -0.136. The minimum atomic E-state index is -0.741. The summed E-state index contributed by atoms with van der Waals surface area (Å²) in [6.45, 7) is 2.79. The first kappa shape index (κ1) is 29.1. The van der Waals surface area contributed by atoms with Gasteiger partial charge in [-0.2, -0.15) is 0 Å². The molecule has 0 aliphatic heterocycles. The molecule has 0 atom stereocenters. The van der Waals surface area contributed by atoms with Gasteiger partial charge in [0.2, 0.25) is 0 Å². The Labute approximate surface area is 195 Å². The Kier molecular flexibility index (Phi) is 22.1. The van der Waals surface area contributed by atoms with E-state index in [9.17, 15) is 4.79 Å². The number of hydrogen-bond donors (Lipinski definition) is 2. The van der Waals surface area contributed by atoms with E-state index in [1.54, 1.807) is 0 Å². The van der Waals surface area contributed by atoms with Crippen molar-refractivity contribution < 1.29 is 9.90 Å². The zero-order valence-corrected chi connectivity index (χ0v) is 19.6. The van der Waals surface area contributed by atoms with Crippen molar-refractivity contribution in [3.8, 4) is 0 Å². The molecule has 3 heteroatoms. The third kappa shape index (κ3) is 23.4. The van der Waals surface area contributed by atoms with Crippen LogP contribution in [0.3, 0.4) is 0 Å². The molecule has 0 aromatic heterocycles. The van der Waals surface area contributed by atoms with Crippen LogP contribution in [0.4, 0.5) is 0 Å². The summed E-state index contributed by atoms with van der Waals surface area (Å²) in [5, 5.41) is 8.49. The lowest BCUT2D eigenvalue weighted by Gasteiger charge is -1.90. The Morgan fingerprint density at radius 3 is 1.47 bits per heavy atom. The molecule has 3 nitrogen and oxygen atoms in total. The van der Waals surface area contributed by atoms with Crippen LogP contribution in [0.15, 0.2) is 103 Å². The number of carboxylic acid groups (broad SMARTS) is 1. The normalized spacial score (nSPS) is 12.1. The van der Waals surface area contributed by atoms with Crippen LogP contribution < -0.4 is 5.73 Å². The SMILES string of the molecule is CCC=CCC=CCC=CCC=CC/C=C\C/C=C/CCC(=O)O.NCc1ccccc1. The van der Waals surface area contributed by atoms with Crippen molar-refractivity contribution in [2.45, 2.75) is 64.8 Å². The van der Waals surface area contributed by atoms with Gasteiger partial charge in [0.25, 0.3) is 0 Å². The number of carboxylic acids is 1. The molecule has 0 aliphatic rings. The van der Waals surface area contributed by atoms with Crippen molar-refractivity contribution in [2.24, 2.45) is 5.73 Å². The second-order valence-electron chi connectivity index (χ2n) is 7.04. The zero-order chi connectivity index (χ0) is 23.5. The predicted octanol–water partition coefficient (Wildman–Crippen LogP) is 7.69. The van der Waals surface area contributed by atoms with Crippen LogP contribution in [-0.4, -0.2) is 11.1 Å². The van der Waals surface area contributed by atoms with Crippen LogP contribution in [0.5, 0.6) is 0 Å². The molecule has 32 heavy (non-hydrogen) atoms. The van der Waals surface area contributed by atoms with Gasteiger partial charge in [0, 0.05) is 13.0 Å². The van der Waals surface area contributed by atoms with Gasteiger partial charge < -0.3 is 10.8 Å². The number of nitrogens with two attached hydrogens (primary N) is 1. The van der Waals surface area contributed by atoms with Crippen molar-refractivity contribution in [1.29, 1.82) is 0 Å². The fourth-order valence-corrected chi connectivity index (χ4v) is 2.46. The number of benzene rings is 1. The first-order valence-corrected chi connectivity index (χ1v) is 11.6. The van der Waals surface area contributed by atoms with Gasteiger partial charge >= 0.3 is 5.97 Å². The van der Waals surface area contributed by atoms with Gasteiger partial charge in [0.1, 0.15) is 0 Å². The van der Waals surface area contributed by atoms with Gasteiger partial charge in [0.05, 0.1) is 0 Å². The standard InChI is InChI=1S/C22H32O2.C7H9N/c1-2-3-4-5-6-7-8-9-10-11-12-13-14-15-16-17-18-19-20-21-22(23)24;8-6-7-4-2-1-3-5-7/h3-4,6-7,9-10,12-13,15-16,18-19H,2,5,8,11,14,17,20-21H2,1H3,(H,23,24);1-5H,6,8H2/b4-3?,7-6?,10-9?,13-12?,16-15-,19-18+;. The highest BCUT2D eigenvalue weighted by Gasteiger charge is 1.90. The Balaban J connectivity index is 0.000000995. The van der Waals surface area contributed by atoms with Crippen LogP contribution >= 0.6 is 0 Å². The first-order valence-electron chi connectivity index (χ1n) is 11.6. The fraction of sp³-hybridized carbons (Fsp3) is 0.345. The van der Waals surface area contributed by atoms with Crippen molar-refractivity contribution in [3.63, 3.8) is 0 Å². The monoisotopic (exact) mass is 435 g/mol. The van der Waals surface area contributed by atoms with Crippen molar-refractivity contribution >= 4 is 5.97 Å². The molecule has 0 unspecified atom stereocenters. The third-order valence-electron chi connectivity index (χ3n) is 4.20. The second-order valence-corrected chi connectivity index (χ2v) is 7.04. The molecule has 0 bridgehead atoms. The topological polar surface area (TPSA) is 63.3 Å². The molecule has 0 spiro atoms. The third-order valence-corrected chi connectivity index (χ3v) is 4.20. The summed E-state index contributed by atoms with van der Waals surface area (Å²) in [4.78, 5) is 10.3. The number of carbonyl (C=O) groups is 1. The van der Waals surface area contributed by atoms with E-state index in [0.717, 1.165) is 38.5 Å². The highest BCUT2D eigenvalue weighted by atomic mass is 16.4. The molecule has 1 rings (SSSR count). The predicted molar refractivity (Wildman–Crippen MR) is 139 cm³/mol. The summed E-state index contributed by atoms with van der Waals surface area (Å²) < 4.78 is 0. The van der Waals surface area contributed by atoms with Crippen LogP contribution in [0, 0.1) is 0 Å². The molecular formula is C29H41NO2. The van der Waals surface area contributed by atoms with E-state index in [2.05, 4.69) is 67.7 Å². The maximum atomic E-state index is 10.3. The maximum Gasteiger partial charge on any atom is 0.303 e. The van der Waals surface area contributed by atoms with Gasteiger partial charge in [-0.15, -0.1) is 0 Å². The average Bonchev–Trinajstić information content (AvgIpc) is 2.81. The largest absolute Gasteiger partial charge is 0.481 e. The van der Waals surface area contributed by atoms with Gasteiger partial charge in [-0.1, -0.05) is 110 Å². The quantitative estimate of drug-likeness (QED) is 0.277. The number of hydrogen-bond acceptors (Lipinski definition) is 2. The maximum absolute atomic E-state index is 10.3. The van der Waals surface area contributed by atoms with Crippen LogP contribution in [0.25, 0.3) is 0 Å². The minimum Gasteiger partial charge on any atom is -0.481 e. The van der Waals surface area contributed by atoms with Gasteiger partial charge in [-0.3, -0.25) is 4.79 Å². The summed E-state index contributed by atoms with van der Waals surface area (Å²) in [6, 6.07) is 9.99. The van der Waals surface area contributed by atoms with Crippen LogP contribution in [0.2, 0.25) is 0 Å². The van der Waals surface area contributed by atoms with E-state index in [0.29, 0.717) is 13.0 Å². The second kappa shape index (κ2) is 24.4. The molecule has 0 aliphatic carbocycles. The smallest absolute Gasteiger partial charge is 0.303 e. The summed E-state index contributed by atoms with van der Waals surface area (Å²) in [5.41, 5.74) is 6.54. The van der Waals surface area contributed by atoms with Crippen LogP contribution in [-0.2, 0) is 11.3 Å².